The minimum absolute atomic E-state index is 0.0557. The van der Waals surface area contributed by atoms with E-state index in [0.717, 1.165) is 16.9 Å². The molecule has 1 aliphatic rings. The highest BCUT2D eigenvalue weighted by Crippen LogP contribution is 2.44. The van der Waals surface area contributed by atoms with Gasteiger partial charge in [0.15, 0.2) is 0 Å². The van der Waals surface area contributed by atoms with E-state index in [1.54, 1.807) is 23.3 Å². The zero-order chi connectivity index (χ0) is 22.5. The lowest BCUT2D eigenvalue weighted by Gasteiger charge is -2.41. The van der Waals surface area contributed by atoms with E-state index in [2.05, 4.69) is 30.4 Å². The highest BCUT2D eigenvalue weighted by atomic mass is 32.1. The van der Waals surface area contributed by atoms with Gasteiger partial charge in [-0.05, 0) is 42.0 Å². The molecule has 0 saturated carbocycles. The van der Waals surface area contributed by atoms with Gasteiger partial charge in [0.1, 0.15) is 0 Å². The molecule has 0 unspecified atom stereocenters. The molecule has 1 N–H and O–H groups in total. The van der Waals surface area contributed by atoms with Crippen molar-refractivity contribution in [2.75, 3.05) is 26.8 Å². The van der Waals surface area contributed by atoms with E-state index in [0.29, 0.717) is 25.3 Å². The summed E-state index contributed by atoms with van der Waals surface area (Å²) >= 11 is 1.57. The van der Waals surface area contributed by atoms with Crippen molar-refractivity contribution >= 4 is 23.2 Å². The van der Waals surface area contributed by atoms with Gasteiger partial charge in [-0.2, -0.15) is 0 Å². The Kier molecular flexibility index (Phi) is 7.02. The maximum atomic E-state index is 13.6. The summed E-state index contributed by atoms with van der Waals surface area (Å²) in [5.41, 5.74) is 3.79. The first-order chi connectivity index (χ1) is 15.6. The highest BCUT2D eigenvalue weighted by Gasteiger charge is 2.44. The maximum absolute atomic E-state index is 13.6. The van der Waals surface area contributed by atoms with Crippen molar-refractivity contribution in [3.05, 3.63) is 93.2 Å². The van der Waals surface area contributed by atoms with Crippen LogP contribution in [0.5, 0.6) is 0 Å². The van der Waals surface area contributed by atoms with Gasteiger partial charge < -0.3 is 15.0 Å². The number of hydrogen-bond donors (Lipinski definition) is 1. The average molecular weight is 449 g/mol. The topological polar surface area (TPSA) is 58.6 Å². The Bertz CT molecular complexity index is 1080. The van der Waals surface area contributed by atoms with Crippen molar-refractivity contribution < 1.29 is 14.3 Å². The molecule has 6 heteroatoms. The van der Waals surface area contributed by atoms with E-state index < -0.39 is 5.92 Å². The van der Waals surface area contributed by atoms with Crippen LogP contribution in [0.25, 0.3) is 0 Å². The standard InChI is InChI=1S/C26H28N2O3S/c1-18-7-5-8-19(17-18)12-13-27-25(29)23-20-9-3-4-10-21(20)26(30)28(14-15-31-2)24(23)22-11-6-16-32-22/h3-11,16-17,23-24H,12-15H2,1-2H3,(H,27,29)/t23-,24-/m1/s1. The number of ether oxygens (including phenoxy) is 1. The molecule has 3 aromatic rings. The predicted octanol–water partition coefficient (Wildman–Crippen LogP) is 4.34. The number of benzene rings is 2. The fourth-order valence-corrected chi connectivity index (χ4v) is 5.27. The number of carbonyl (C=O) groups is 2. The molecule has 0 radical (unpaired) electrons. The second-order valence-corrected chi connectivity index (χ2v) is 9.03. The SMILES string of the molecule is COCCN1C(=O)c2ccccc2[C@@H](C(=O)NCCc2cccc(C)c2)[C@H]1c1cccs1. The van der Waals surface area contributed by atoms with Crippen molar-refractivity contribution in [3.63, 3.8) is 0 Å². The molecular formula is C26H28N2O3S. The number of amides is 2. The van der Waals surface area contributed by atoms with Crippen LogP contribution in [0.1, 0.15) is 43.9 Å². The fraction of sp³-hybridized carbons (Fsp3) is 0.308. The first-order valence-corrected chi connectivity index (χ1v) is 11.7. The van der Waals surface area contributed by atoms with Gasteiger partial charge in [0.25, 0.3) is 5.91 Å². The van der Waals surface area contributed by atoms with Gasteiger partial charge in [0, 0.05) is 30.6 Å². The van der Waals surface area contributed by atoms with Crippen LogP contribution < -0.4 is 5.32 Å². The third kappa shape index (κ3) is 4.61. The lowest BCUT2D eigenvalue weighted by atomic mass is 9.81. The number of aryl methyl sites for hydroxylation is 1. The van der Waals surface area contributed by atoms with E-state index in [4.69, 9.17) is 4.74 Å². The largest absolute Gasteiger partial charge is 0.383 e. The number of carbonyl (C=O) groups excluding carboxylic acids is 2. The first-order valence-electron chi connectivity index (χ1n) is 10.9. The molecule has 0 bridgehead atoms. The Balaban J connectivity index is 1.63. The number of methoxy groups -OCH3 is 1. The van der Waals surface area contributed by atoms with Crippen LogP contribution >= 0.6 is 11.3 Å². The Labute approximate surface area is 193 Å². The summed E-state index contributed by atoms with van der Waals surface area (Å²) in [5.74, 6) is -0.588. The molecule has 0 aliphatic carbocycles. The van der Waals surface area contributed by atoms with Gasteiger partial charge in [-0.1, -0.05) is 54.1 Å². The molecule has 2 aromatic carbocycles. The van der Waals surface area contributed by atoms with Gasteiger partial charge in [-0.25, -0.2) is 0 Å². The molecule has 32 heavy (non-hydrogen) atoms. The van der Waals surface area contributed by atoms with Crippen molar-refractivity contribution in [2.24, 2.45) is 0 Å². The zero-order valence-electron chi connectivity index (χ0n) is 18.4. The first kappa shape index (κ1) is 22.2. The molecule has 1 aromatic heterocycles. The normalized spacial score (nSPS) is 17.8. The lowest BCUT2D eigenvalue weighted by Crippen LogP contribution is -2.48. The van der Waals surface area contributed by atoms with Crippen molar-refractivity contribution in [1.29, 1.82) is 0 Å². The van der Waals surface area contributed by atoms with Crippen molar-refractivity contribution in [3.8, 4) is 0 Å². The van der Waals surface area contributed by atoms with Gasteiger partial charge in [0.2, 0.25) is 5.91 Å². The van der Waals surface area contributed by atoms with Crippen LogP contribution in [0, 0.1) is 6.92 Å². The summed E-state index contributed by atoms with van der Waals surface area (Å²) in [5, 5.41) is 5.13. The molecule has 166 valence electrons. The third-order valence-corrected chi connectivity index (χ3v) is 6.83. The average Bonchev–Trinajstić information content (AvgIpc) is 3.33. The molecule has 0 spiro atoms. The van der Waals surface area contributed by atoms with E-state index in [1.807, 2.05) is 47.8 Å². The summed E-state index contributed by atoms with van der Waals surface area (Å²) in [6, 6.07) is 19.4. The van der Waals surface area contributed by atoms with Gasteiger partial charge >= 0.3 is 0 Å². The fourth-order valence-electron chi connectivity index (χ4n) is 4.39. The van der Waals surface area contributed by atoms with Crippen molar-refractivity contribution in [2.45, 2.75) is 25.3 Å². The van der Waals surface area contributed by atoms with Crippen LogP contribution in [-0.2, 0) is 16.0 Å². The second kappa shape index (κ2) is 10.1. The van der Waals surface area contributed by atoms with Gasteiger partial charge in [0.05, 0.1) is 18.6 Å². The monoisotopic (exact) mass is 448 g/mol. The van der Waals surface area contributed by atoms with Crippen LogP contribution in [-0.4, -0.2) is 43.5 Å². The summed E-state index contributed by atoms with van der Waals surface area (Å²) in [6.45, 7) is 3.46. The molecule has 0 fully saturated rings. The zero-order valence-corrected chi connectivity index (χ0v) is 19.2. The number of nitrogens with one attached hydrogen (secondary N) is 1. The summed E-state index contributed by atoms with van der Waals surface area (Å²) in [4.78, 5) is 29.7. The molecule has 4 rings (SSSR count). The minimum Gasteiger partial charge on any atom is -0.383 e. The minimum atomic E-state index is -0.475. The third-order valence-electron chi connectivity index (χ3n) is 5.89. The molecule has 0 saturated heterocycles. The number of fused-ring (bicyclic) bond motifs is 1. The molecular weight excluding hydrogens is 420 g/mol. The van der Waals surface area contributed by atoms with E-state index in [9.17, 15) is 9.59 Å². The Morgan fingerprint density at radius 3 is 2.72 bits per heavy atom. The maximum Gasteiger partial charge on any atom is 0.254 e. The molecule has 2 atom stereocenters. The number of rotatable bonds is 8. The Morgan fingerprint density at radius 1 is 1.12 bits per heavy atom. The summed E-state index contributed by atoms with van der Waals surface area (Å²) in [7, 11) is 1.62. The van der Waals surface area contributed by atoms with Crippen LogP contribution in [0.2, 0.25) is 0 Å². The molecule has 2 amide bonds. The predicted molar refractivity (Wildman–Crippen MR) is 127 cm³/mol. The summed E-state index contributed by atoms with van der Waals surface area (Å²) in [6.07, 6.45) is 0.762. The summed E-state index contributed by atoms with van der Waals surface area (Å²) < 4.78 is 5.27. The lowest BCUT2D eigenvalue weighted by molar-refractivity contribution is -0.124. The number of nitrogens with zero attached hydrogens (tertiary/aromatic N) is 1. The van der Waals surface area contributed by atoms with E-state index in [-0.39, 0.29) is 17.9 Å². The van der Waals surface area contributed by atoms with Gasteiger partial charge in [-0.3, -0.25) is 9.59 Å². The van der Waals surface area contributed by atoms with Gasteiger partial charge in [-0.15, -0.1) is 11.3 Å². The van der Waals surface area contributed by atoms with E-state index >= 15 is 0 Å². The second-order valence-electron chi connectivity index (χ2n) is 8.05. The quantitative estimate of drug-likeness (QED) is 0.558. The highest BCUT2D eigenvalue weighted by molar-refractivity contribution is 7.10. The molecule has 1 aliphatic heterocycles. The molecule has 5 nitrogen and oxygen atoms in total. The van der Waals surface area contributed by atoms with Crippen LogP contribution in [0.3, 0.4) is 0 Å². The van der Waals surface area contributed by atoms with Crippen LogP contribution in [0.4, 0.5) is 0 Å². The van der Waals surface area contributed by atoms with E-state index in [1.165, 1.54) is 11.1 Å². The number of thiophene rings is 1. The number of hydrogen-bond acceptors (Lipinski definition) is 4. The molecule has 2 heterocycles. The Morgan fingerprint density at radius 2 is 1.97 bits per heavy atom. The van der Waals surface area contributed by atoms with Crippen LogP contribution in [0.15, 0.2) is 66.0 Å². The van der Waals surface area contributed by atoms with Crippen molar-refractivity contribution in [1.82, 2.24) is 10.2 Å². The Hall–Kier alpha value is -2.96. The smallest absolute Gasteiger partial charge is 0.254 e.